The Balaban J connectivity index is 1.82. The second kappa shape index (κ2) is 4.63. The SMILES string of the molecule is c1ccc(SCn2cnc3ccccc32)cc1. The number of hydrogen-bond donors (Lipinski definition) is 0. The Kier molecular flexibility index (Phi) is 2.84. The number of nitrogens with zero attached hydrogens (tertiary/aromatic N) is 2. The summed E-state index contributed by atoms with van der Waals surface area (Å²) in [4.78, 5) is 5.66. The Morgan fingerprint density at radius 3 is 2.59 bits per heavy atom. The first-order valence-corrected chi connectivity index (χ1v) is 6.50. The summed E-state index contributed by atoms with van der Waals surface area (Å²) in [6, 6.07) is 18.6. The van der Waals surface area contributed by atoms with Crippen LogP contribution in [0.4, 0.5) is 0 Å². The number of aromatic nitrogens is 2. The van der Waals surface area contributed by atoms with E-state index in [1.54, 1.807) is 0 Å². The Hall–Kier alpha value is -1.74. The molecule has 3 aromatic rings. The first-order chi connectivity index (χ1) is 8.43. The lowest BCUT2D eigenvalue weighted by molar-refractivity contribution is 0.922. The van der Waals surface area contributed by atoms with E-state index in [4.69, 9.17) is 0 Å². The molecule has 0 bridgehead atoms. The van der Waals surface area contributed by atoms with Gasteiger partial charge >= 0.3 is 0 Å². The predicted molar refractivity (Wildman–Crippen MR) is 72.0 cm³/mol. The number of rotatable bonds is 3. The van der Waals surface area contributed by atoms with Crippen LogP contribution in [-0.4, -0.2) is 9.55 Å². The highest BCUT2D eigenvalue weighted by Crippen LogP contribution is 2.21. The van der Waals surface area contributed by atoms with Gasteiger partial charge in [0.2, 0.25) is 0 Å². The minimum absolute atomic E-state index is 0.893. The van der Waals surface area contributed by atoms with E-state index in [2.05, 4.69) is 39.9 Å². The third-order valence-corrected chi connectivity index (χ3v) is 3.65. The molecule has 3 rings (SSSR count). The lowest BCUT2D eigenvalue weighted by Crippen LogP contribution is -1.91. The zero-order valence-corrected chi connectivity index (χ0v) is 10.1. The van der Waals surface area contributed by atoms with Crippen molar-refractivity contribution in [3.8, 4) is 0 Å². The number of fused-ring (bicyclic) bond motifs is 1. The summed E-state index contributed by atoms with van der Waals surface area (Å²) >= 11 is 1.82. The molecule has 2 aromatic carbocycles. The average molecular weight is 240 g/mol. The number of benzene rings is 2. The van der Waals surface area contributed by atoms with Gasteiger partial charge in [0.05, 0.1) is 23.2 Å². The molecule has 0 amide bonds. The van der Waals surface area contributed by atoms with Crippen LogP contribution in [-0.2, 0) is 5.88 Å². The number of thioether (sulfide) groups is 1. The molecule has 0 saturated carbocycles. The molecule has 0 spiro atoms. The Morgan fingerprint density at radius 1 is 0.941 bits per heavy atom. The first-order valence-electron chi connectivity index (χ1n) is 5.51. The zero-order chi connectivity index (χ0) is 11.5. The molecule has 0 aliphatic carbocycles. The van der Waals surface area contributed by atoms with Gasteiger partial charge in [-0.2, -0.15) is 0 Å². The fourth-order valence-corrected chi connectivity index (χ4v) is 2.62. The van der Waals surface area contributed by atoms with Gasteiger partial charge in [0.1, 0.15) is 0 Å². The van der Waals surface area contributed by atoms with E-state index in [1.165, 1.54) is 10.4 Å². The van der Waals surface area contributed by atoms with Crippen LogP contribution in [0.3, 0.4) is 0 Å². The van der Waals surface area contributed by atoms with Crippen LogP contribution < -0.4 is 0 Å². The minimum Gasteiger partial charge on any atom is -0.320 e. The summed E-state index contributed by atoms with van der Waals surface area (Å²) in [6.07, 6.45) is 1.90. The van der Waals surface area contributed by atoms with Crippen LogP contribution in [0.15, 0.2) is 65.8 Å². The van der Waals surface area contributed by atoms with Gasteiger partial charge in [-0.1, -0.05) is 30.3 Å². The second-order valence-corrected chi connectivity index (χ2v) is 4.81. The van der Waals surface area contributed by atoms with Gasteiger partial charge in [0.25, 0.3) is 0 Å². The van der Waals surface area contributed by atoms with Gasteiger partial charge in [0.15, 0.2) is 0 Å². The highest BCUT2D eigenvalue weighted by Gasteiger charge is 2.01. The summed E-state index contributed by atoms with van der Waals surface area (Å²) < 4.78 is 2.17. The van der Waals surface area contributed by atoms with E-state index in [9.17, 15) is 0 Å². The Bertz CT molecular complexity index is 616. The predicted octanol–water partition coefficient (Wildman–Crippen LogP) is 3.79. The van der Waals surface area contributed by atoms with Crippen LogP contribution in [0.1, 0.15) is 0 Å². The van der Waals surface area contributed by atoms with E-state index in [0.717, 1.165) is 11.4 Å². The van der Waals surface area contributed by atoms with Gasteiger partial charge in [0, 0.05) is 4.90 Å². The average Bonchev–Trinajstić information content (AvgIpc) is 2.81. The van der Waals surface area contributed by atoms with Crippen molar-refractivity contribution in [2.45, 2.75) is 10.8 Å². The third kappa shape index (κ3) is 2.19. The Morgan fingerprint density at radius 2 is 1.71 bits per heavy atom. The van der Waals surface area contributed by atoms with Gasteiger partial charge in [-0.05, 0) is 24.3 Å². The van der Waals surface area contributed by atoms with E-state index < -0.39 is 0 Å². The van der Waals surface area contributed by atoms with Crippen molar-refractivity contribution >= 4 is 22.8 Å². The second-order valence-electron chi connectivity index (χ2n) is 3.79. The van der Waals surface area contributed by atoms with Gasteiger partial charge in [-0.3, -0.25) is 0 Å². The Labute approximate surface area is 104 Å². The van der Waals surface area contributed by atoms with Crippen molar-refractivity contribution in [2.75, 3.05) is 0 Å². The maximum absolute atomic E-state index is 4.38. The molecule has 0 aliphatic heterocycles. The molecule has 17 heavy (non-hydrogen) atoms. The first kappa shape index (κ1) is 10.4. The quantitative estimate of drug-likeness (QED) is 0.648. The van der Waals surface area contributed by atoms with E-state index >= 15 is 0 Å². The van der Waals surface area contributed by atoms with Crippen molar-refractivity contribution < 1.29 is 0 Å². The molecule has 0 fully saturated rings. The van der Waals surface area contributed by atoms with Crippen molar-refractivity contribution in [1.82, 2.24) is 9.55 Å². The zero-order valence-electron chi connectivity index (χ0n) is 9.28. The molecular weight excluding hydrogens is 228 g/mol. The molecule has 0 radical (unpaired) electrons. The monoisotopic (exact) mass is 240 g/mol. The normalized spacial score (nSPS) is 10.8. The largest absolute Gasteiger partial charge is 0.320 e. The standard InChI is InChI=1S/C14H12N2S/c1-2-6-12(7-3-1)17-11-16-10-15-13-8-4-5-9-14(13)16/h1-10H,11H2. The maximum Gasteiger partial charge on any atom is 0.0966 e. The highest BCUT2D eigenvalue weighted by atomic mass is 32.2. The van der Waals surface area contributed by atoms with E-state index in [0.29, 0.717) is 0 Å². The molecule has 0 N–H and O–H groups in total. The fraction of sp³-hybridized carbons (Fsp3) is 0.0714. The highest BCUT2D eigenvalue weighted by molar-refractivity contribution is 7.98. The van der Waals surface area contributed by atoms with Gasteiger partial charge in [-0.25, -0.2) is 4.98 Å². The molecule has 1 heterocycles. The lowest BCUT2D eigenvalue weighted by atomic mass is 10.3. The smallest absolute Gasteiger partial charge is 0.0966 e. The maximum atomic E-state index is 4.38. The minimum atomic E-state index is 0.893. The van der Waals surface area contributed by atoms with Crippen molar-refractivity contribution in [3.05, 3.63) is 60.9 Å². The van der Waals surface area contributed by atoms with Crippen LogP contribution >= 0.6 is 11.8 Å². The number of hydrogen-bond acceptors (Lipinski definition) is 2. The molecule has 0 atom stereocenters. The molecule has 0 aliphatic rings. The summed E-state index contributed by atoms with van der Waals surface area (Å²) in [7, 11) is 0. The summed E-state index contributed by atoms with van der Waals surface area (Å²) in [5, 5.41) is 0. The van der Waals surface area contributed by atoms with Gasteiger partial charge in [-0.15, -0.1) is 11.8 Å². The number of imidazole rings is 1. The van der Waals surface area contributed by atoms with Crippen molar-refractivity contribution in [1.29, 1.82) is 0 Å². The third-order valence-electron chi connectivity index (χ3n) is 2.64. The fourth-order valence-electron chi connectivity index (χ4n) is 1.77. The summed E-state index contributed by atoms with van der Waals surface area (Å²) in [6.45, 7) is 0. The lowest BCUT2D eigenvalue weighted by Gasteiger charge is -2.03. The van der Waals surface area contributed by atoms with Crippen molar-refractivity contribution in [2.24, 2.45) is 0 Å². The molecule has 3 heteroatoms. The van der Waals surface area contributed by atoms with Crippen molar-refractivity contribution in [3.63, 3.8) is 0 Å². The topological polar surface area (TPSA) is 17.8 Å². The molecule has 0 saturated heterocycles. The van der Waals surface area contributed by atoms with Crippen LogP contribution in [0.2, 0.25) is 0 Å². The van der Waals surface area contributed by atoms with Gasteiger partial charge < -0.3 is 4.57 Å². The van der Waals surface area contributed by atoms with E-state index in [-0.39, 0.29) is 0 Å². The van der Waals surface area contributed by atoms with Crippen LogP contribution in [0, 0.1) is 0 Å². The molecule has 0 unspecified atom stereocenters. The van der Waals surface area contributed by atoms with Crippen LogP contribution in [0.25, 0.3) is 11.0 Å². The number of para-hydroxylation sites is 2. The molecule has 84 valence electrons. The van der Waals surface area contributed by atoms with Crippen LogP contribution in [0.5, 0.6) is 0 Å². The van der Waals surface area contributed by atoms with E-state index in [1.807, 2.05) is 42.4 Å². The molecular formula is C14H12N2S. The molecule has 2 nitrogen and oxygen atoms in total. The molecule has 1 aromatic heterocycles. The summed E-state index contributed by atoms with van der Waals surface area (Å²) in [5.41, 5.74) is 2.25. The summed E-state index contributed by atoms with van der Waals surface area (Å²) in [5.74, 6) is 0.893.